The summed E-state index contributed by atoms with van der Waals surface area (Å²) in [6.07, 6.45) is 8.76. The fourth-order valence-electron chi connectivity index (χ4n) is 2.19. The Balaban J connectivity index is 2.26. The molecule has 4 heteroatoms. The predicted molar refractivity (Wildman–Crippen MR) is 85.8 cm³/mol. The van der Waals surface area contributed by atoms with E-state index >= 15 is 0 Å². The van der Waals surface area contributed by atoms with E-state index in [0.717, 1.165) is 12.2 Å². The summed E-state index contributed by atoms with van der Waals surface area (Å²) in [7, 11) is 1.43. The maximum Gasteiger partial charge on any atom is 0.132 e. The number of methoxy groups -OCH3 is 1. The Hall–Kier alpha value is -0.610. The summed E-state index contributed by atoms with van der Waals surface area (Å²) in [6.45, 7) is 2.19. The van der Waals surface area contributed by atoms with Crippen molar-refractivity contribution in [2.45, 2.75) is 63.4 Å². The molecule has 1 nitrogen and oxygen atoms in total. The molecule has 0 saturated heterocycles. The second-order valence-electron chi connectivity index (χ2n) is 5.27. The first-order chi connectivity index (χ1) is 10.2. The third kappa shape index (κ3) is 7.28. The fraction of sp³-hybridized carbons (Fsp3) is 0.647. The Kier molecular flexibility index (Phi) is 9.68. The smallest absolute Gasteiger partial charge is 0.132 e. The zero-order chi connectivity index (χ0) is 15.5. The summed E-state index contributed by atoms with van der Waals surface area (Å²) in [5.74, 6) is -0.117. The third-order valence-electron chi connectivity index (χ3n) is 3.42. The van der Waals surface area contributed by atoms with Crippen LogP contribution in [0.5, 0.6) is 0 Å². The maximum atomic E-state index is 13.7. The first-order valence-corrected chi connectivity index (χ1v) is 8.77. The molecule has 0 fully saturated rings. The van der Waals surface area contributed by atoms with E-state index < -0.39 is 11.6 Å². The van der Waals surface area contributed by atoms with Gasteiger partial charge in [0.05, 0.1) is 6.61 Å². The standard InChI is InChI=1S/C17H26F2OS/c1-3-4-5-6-7-8-9-10-21-14-11-16(18)15(13-20-2)17(19)12-14/h11-12H,3-10,13H2,1-2H3. The number of hydrogen-bond acceptors (Lipinski definition) is 2. The highest BCUT2D eigenvalue weighted by Crippen LogP contribution is 2.25. The van der Waals surface area contributed by atoms with Crippen LogP contribution in [0.4, 0.5) is 8.78 Å². The SMILES string of the molecule is CCCCCCCCCSc1cc(F)c(COC)c(F)c1. The largest absolute Gasteiger partial charge is 0.380 e. The van der Waals surface area contributed by atoms with Crippen molar-refractivity contribution in [3.8, 4) is 0 Å². The first-order valence-electron chi connectivity index (χ1n) is 7.78. The Morgan fingerprint density at radius 3 is 2.10 bits per heavy atom. The van der Waals surface area contributed by atoms with Crippen molar-refractivity contribution in [1.82, 2.24) is 0 Å². The summed E-state index contributed by atoms with van der Waals surface area (Å²) < 4.78 is 32.2. The number of benzene rings is 1. The minimum absolute atomic E-state index is 0.0118. The van der Waals surface area contributed by atoms with Crippen LogP contribution in [0, 0.1) is 11.6 Å². The van der Waals surface area contributed by atoms with Gasteiger partial charge in [0, 0.05) is 17.6 Å². The molecule has 0 saturated carbocycles. The number of thioether (sulfide) groups is 1. The number of ether oxygens (including phenoxy) is 1. The van der Waals surface area contributed by atoms with Gasteiger partial charge in [0.2, 0.25) is 0 Å². The van der Waals surface area contributed by atoms with Crippen LogP contribution >= 0.6 is 11.8 Å². The Labute approximate surface area is 131 Å². The van der Waals surface area contributed by atoms with Crippen molar-refractivity contribution >= 4 is 11.8 Å². The fourth-order valence-corrected chi connectivity index (χ4v) is 3.15. The van der Waals surface area contributed by atoms with Crippen LogP contribution in [0.3, 0.4) is 0 Å². The van der Waals surface area contributed by atoms with Gasteiger partial charge in [0.1, 0.15) is 11.6 Å². The van der Waals surface area contributed by atoms with Gasteiger partial charge in [-0.3, -0.25) is 0 Å². The lowest BCUT2D eigenvalue weighted by molar-refractivity contribution is 0.177. The molecule has 0 radical (unpaired) electrons. The van der Waals surface area contributed by atoms with E-state index in [1.807, 2.05) is 0 Å². The second-order valence-corrected chi connectivity index (χ2v) is 6.44. The second kappa shape index (κ2) is 11.0. The monoisotopic (exact) mass is 316 g/mol. The van der Waals surface area contributed by atoms with Crippen LogP contribution < -0.4 is 0 Å². The van der Waals surface area contributed by atoms with Gasteiger partial charge in [-0.05, 0) is 24.3 Å². The van der Waals surface area contributed by atoms with Crippen molar-refractivity contribution in [3.63, 3.8) is 0 Å². The molecule has 0 unspecified atom stereocenters. The molecule has 0 bridgehead atoms. The van der Waals surface area contributed by atoms with E-state index in [-0.39, 0.29) is 12.2 Å². The molecule has 0 aromatic heterocycles. The molecule has 0 aliphatic heterocycles. The molecule has 0 N–H and O–H groups in total. The Morgan fingerprint density at radius 1 is 0.952 bits per heavy atom. The normalized spacial score (nSPS) is 11.0. The number of rotatable bonds is 11. The highest BCUT2D eigenvalue weighted by atomic mass is 32.2. The molecular formula is C17H26F2OS. The van der Waals surface area contributed by atoms with Crippen molar-refractivity contribution in [3.05, 3.63) is 29.3 Å². The van der Waals surface area contributed by atoms with Crippen molar-refractivity contribution in [1.29, 1.82) is 0 Å². The van der Waals surface area contributed by atoms with Crippen LogP contribution in [-0.4, -0.2) is 12.9 Å². The van der Waals surface area contributed by atoms with E-state index in [1.165, 1.54) is 69.5 Å². The molecule has 0 atom stereocenters. The van der Waals surface area contributed by atoms with E-state index in [0.29, 0.717) is 4.90 Å². The summed E-state index contributed by atoms with van der Waals surface area (Å²) in [4.78, 5) is 0.663. The summed E-state index contributed by atoms with van der Waals surface area (Å²) in [5, 5.41) is 0. The summed E-state index contributed by atoms with van der Waals surface area (Å²) >= 11 is 1.52. The Bertz CT molecular complexity index is 387. The molecule has 0 aliphatic rings. The van der Waals surface area contributed by atoms with Crippen LogP contribution in [0.15, 0.2) is 17.0 Å². The lowest BCUT2D eigenvalue weighted by Crippen LogP contribution is -1.98. The molecule has 0 aliphatic carbocycles. The summed E-state index contributed by atoms with van der Waals surface area (Å²) in [5.41, 5.74) is 0.0118. The molecule has 120 valence electrons. The highest BCUT2D eigenvalue weighted by molar-refractivity contribution is 7.99. The molecule has 1 rings (SSSR count). The zero-order valence-electron chi connectivity index (χ0n) is 13.1. The zero-order valence-corrected chi connectivity index (χ0v) is 13.9. The number of unbranched alkanes of at least 4 members (excludes halogenated alkanes) is 6. The molecule has 1 aromatic rings. The van der Waals surface area contributed by atoms with Crippen LogP contribution in [0.25, 0.3) is 0 Å². The van der Waals surface area contributed by atoms with Crippen LogP contribution in [-0.2, 0) is 11.3 Å². The van der Waals surface area contributed by atoms with Crippen LogP contribution in [0.1, 0.15) is 57.4 Å². The molecule has 21 heavy (non-hydrogen) atoms. The average Bonchev–Trinajstić information content (AvgIpc) is 2.46. The molecule has 1 aromatic carbocycles. The van der Waals surface area contributed by atoms with E-state index in [2.05, 4.69) is 6.92 Å². The average molecular weight is 316 g/mol. The summed E-state index contributed by atoms with van der Waals surface area (Å²) in [6, 6.07) is 2.81. The quantitative estimate of drug-likeness (QED) is 0.368. The topological polar surface area (TPSA) is 9.23 Å². The third-order valence-corrected chi connectivity index (χ3v) is 4.48. The van der Waals surface area contributed by atoms with Crippen LogP contribution in [0.2, 0.25) is 0 Å². The van der Waals surface area contributed by atoms with Gasteiger partial charge in [-0.1, -0.05) is 45.4 Å². The molecule has 0 amide bonds. The van der Waals surface area contributed by atoms with E-state index in [4.69, 9.17) is 4.74 Å². The molecule has 0 spiro atoms. The first kappa shape index (κ1) is 18.4. The van der Waals surface area contributed by atoms with Gasteiger partial charge < -0.3 is 4.74 Å². The minimum atomic E-state index is -0.515. The van der Waals surface area contributed by atoms with Gasteiger partial charge in [-0.2, -0.15) is 0 Å². The van der Waals surface area contributed by atoms with E-state index in [9.17, 15) is 8.78 Å². The number of hydrogen-bond donors (Lipinski definition) is 0. The lowest BCUT2D eigenvalue weighted by atomic mass is 10.1. The van der Waals surface area contributed by atoms with E-state index in [1.54, 1.807) is 0 Å². The van der Waals surface area contributed by atoms with Crippen molar-refractivity contribution < 1.29 is 13.5 Å². The minimum Gasteiger partial charge on any atom is -0.380 e. The predicted octanol–water partition coefficient (Wildman–Crippen LogP) is 5.95. The van der Waals surface area contributed by atoms with Crippen molar-refractivity contribution in [2.24, 2.45) is 0 Å². The lowest BCUT2D eigenvalue weighted by Gasteiger charge is -2.07. The maximum absolute atomic E-state index is 13.7. The van der Waals surface area contributed by atoms with Gasteiger partial charge in [0.25, 0.3) is 0 Å². The Morgan fingerprint density at radius 2 is 1.52 bits per heavy atom. The van der Waals surface area contributed by atoms with Gasteiger partial charge in [-0.25, -0.2) is 8.78 Å². The highest BCUT2D eigenvalue weighted by Gasteiger charge is 2.11. The molecular weight excluding hydrogens is 290 g/mol. The number of halogens is 2. The molecule has 0 heterocycles. The van der Waals surface area contributed by atoms with Crippen molar-refractivity contribution in [2.75, 3.05) is 12.9 Å². The van der Waals surface area contributed by atoms with Gasteiger partial charge >= 0.3 is 0 Å². The van der Waals surface area contributed by atoms with Gasteiger partial charge in [-0.15, -0.1) is 11.8 Å². The van der Waals surface area contributed by atoms with Gasteiger partial charge in [0.15, 0.2) is 0 Å².